The molecular weight excluding hydrogens is 397 g/mol. The molecule has 2 heterocycles. The van der Waals surface area contributed by atoms with Crippen molar-refractivity contribution in [3.8, 4) is 0 Å². The van der Waals surface area contributed by atoms with Gasteiger partial charge in [-0.15, -0.1) is 24.8 Å². The third-order valence-corrected chi connectivity index (χ3v) is 5.93. The zero-order valence-corrected chi connectivity index (χ0v) is 17.7. The third kappa shape index (κ3) is 4.32. The van der Waals surface area contributed by atoms with Crippen LogP contribution in [0.5, 0.6) is 0 Å². The summed E-state index contributed by atoms with van der Waals surface area (Å²) in [7, 11) is 0. The van der Waals surface area contributed by atoms with Crippen LogP contribution in [0, 0.1) is 5.92 Å². The van der Waals surface area contributed by atoms with Gasteiger partial charge in [-0.3, -0.25) is 4.79 Å². The molecule has 1 amide bonds. The molecule has 1 fully saturated rings. The van der Waals surface area contributed by atoms with Crippen molar-refractivity contribution in [2.75, 3.05) is 11.4 Å². The lowest BCUT2D eigenvalue weighted by molar-refractivity contribution is 0.0926. The molecule has 0 spiro atoms. The lowest BCUT2D eigenvalue weighted by Crippen LogP contribution is -2.40. The fraction of sp³-hybridized carbons (Fsp3) is 0.476. The summed E-state index contributed by atoms with van der Waals surface area (Å²) in [4.78, 5) is 15.1. The van der Waals surface area contributed by atoms with E-state index in [1.54, 1.807) is 12.3 Å². The Hall–Kier alpha value is -1.69. The van der Waals surface area contributed by atoms with E-state index in [0.29, 0.717) is 30.6 Å². The van der Waals surface area contributed by atoms with Crippen LogP contribution in [-0.2, 0) is 13.0 Å². The molecular formula is C21H29Cl2N3O2. The number of nitrogens with zero attached hydrogens (tertiary/aromatic N) is 1. The first kappa shape index (κ1) is 22.6. The molecule has 3 N–H and O–H groups in total. The Balaban J connectivity index is 0.00000140. The average molecular weight is 426 g/mol. The zero-order valence-electron chi connectivity index (χ0n) is 16.1. The van der Waals surface area contributed by atoms with Gasteiger partial charge in [0, 0.05) is 17.8 Å². The van der Waals surface area contributed by atoms with Crippen LogP contribution >= 0.6 is 24.8 Å². The molecule has 154 valence electrons. The molecule has 1 aliphatic carbocycles. The summed E-state index contributed by atoms with van der Waals surface area (Å²) in [5, 5.41) is 3.18. The molecule has 28 heavy (non-hydrogen) atoms. The summed E-state index contributed by atoms with van der Waals surface area (Å²) in [5.74, 6) is 1.08. The van der Waals surface area contributed by atoms with Crippen LogP contribution in [-0.4, -0.2) is 24.5 Å². The van der Waals surface area contributed by atoms with E-state index in [0.717, 1.165) is 31.4 Å². The van der Waals surface area contributed by atoms with E-state index in [-0.39, 0.29) is 36.8 Å². The summed E-state index contributed by atoms with van der Waals surface area (Å²) < 4.78 is 5.70. The van der Waals surface area contributed by atoms with Crippen LogP contribution < -0.4 is 16.0 Å². The van der Waals surface area contributed by atoms with E-state index in [9.17, 15) is 4.79 Å². The number of carbonyl (C=O) groups is 1. The second-order valence-electron chi connectivity index (χ2n) is 7.57. The molecule has 4 rings (SSSR count). The van der Waals surface area contributed by atoms with Crippen molar-refractivity contribution in [1.82, 2.24) is 5.32 Å². The normalized spacial score (nSPS) is 22.9. The van der Waals surface area contributed by atoms with Crippen molar-refractivity contribution >= 4 is 36.4 Å². The topological polar surface area (TPSA) is 71.5 Å². The van der Waals surface area contributed by atoms with Crippen LogP contribution in [0.2, 0.25) is 0 Å². The summed E-state index contributed by atoms with van der Waals surface area (Å²) in [6.45, 7) is 3.46. The molecule has 2 aliphatic rings. The van der Waals surface area contributed by atoms with E-state index < -0.39 is 0 Å². The molecule has 0 saturated heterocycles. The second kappa shape index (κ2) is 9.68. The van der Waals surface area contributed by atoms with E-state index in [4.69, 9.17) is 10.2 Å². The monoisotopic (exact) mass is 425 g/mol. The number of rotatable bonds is 5. The first-order chi connectivity index (χ1) is 12.7. The molecule has 7 heteroatoms. The minimum atomic E-state index is -0.0424. The molecule has 0 bridgehead atoms. The Bertz CT molecular complexity index is 795. The van der Waals surface area contributed by atoms with Crippen molar-refractivity contribution < 1.29 is 9.21 Å². The minimum absolute atomic E-state index is 0. The fourth-order valence-corrected chi connectivity index (χ4v) is 4.45. The van der Waals surface area contributed by atoms with Gasteiger partial charge in [0.15, 0.2) is 0 Å². The third-order valence-electron chi connectivity index (χ3n) is 5.93. The Morgan fingerprint density at radius 2 is 2.04 bits per heavy atom. The number of para-hydroxylation sites is 1. The van der Waals surface area contributed by atoms with Crippen LogP contribution in [0.15, 0.2) is 41.0 Å². The molecule has 1 saturated carbocycles. The highest BCUT2D eigenvalue weighted by molar-refractivity contribution is 5.95. The number of anilines is 1. The first-order valence-electron chi connectivity index (χ1n) is 9.59. The van der Waals surface area contributed by atoms with Crippen LogP contribution in [0.25, 0.3) is 0 Å². The predicted molar refractivity (Wildman–Crippen MR) is 117 cm³/mol. The van der Waals surface area contributed by atoms with Gasteiger partial charge in [-0.25, -0.2) is 0 Å². The lowest BCUT2D eigenvalue weighted by Gasteiger charge is -2.24. The van der Waals surface area contributed by atoms with Gasteiger partial charge < -0.3 is 20.4 Å². The van der Waals surface area contributed by atoms with Gasteiger partial charge in [0.25, 0.3) is 5.91 Å². The van der Waals surface area contributed by atoms with Gasteiger partial charge in [-0.2, -0.15) is 0 Å². The molecule has 0 radical (unpaired) electrons. The SMILES string of the molecule is CC1Cc2ccccc2N1Cc1occc1C(=O)NC1CCCC1CN.Cl.Cl. The molecule has 1 aliphatic heterocycles. The number of fused-ring (bicyclic) bond motifs is 1. The Labute approximate surface area is 178 Å². The van der Waals surface area contributed by atoms with Gasteiger partial charge in [-0.05, 0) is 56.3 Å². The van der Waals surface area contributed by atoms with Crippen LogP contribution in [0.4, 0.5) is 5.69 Å². The molecule has 1 aromatic heterocycles. The maximum Gasteiger partial charge on any atom is 0.255 e. The van der Waals surface area contributed by atoms with Gasteiger partial charge >= 0.3 is 0 Å². The van der Waals surface area contributed by atoms with E-state index >= 15 is 0 Å². The summed E-state index contributed by atoms with van der Waals surface area (Å²) >= 11 is 0. The number of furan rings is 1. The molecule has 3 atom stereocenters. The van der Waals surface area contributed by atoms with Crippen molar-refractivity contribution in [3.63, 3.8) is 0 Å². The molecule has 3 unspecified atom stereocenters. The lowest BCUT2D eigenvalue weighted by atomic mass is 10.0. The molecule has 1 aromatic carbocycles. The standard InChI is InChI=1S/C21H27N3O2.2ClH/c1-14-11-15-5-2-3-8-19(15)24(14)13-20-17(9-10-26-20)21(25)23-18-7-4-6-16(18)12-22;;/h2-3,5,8-10,14,16,18H,4,6-7,11-13,22H2,1H3,(H,23,25);2*1H. The Morgan fingerprint density at radius 1 is 1.25 bits per heavy atom. The number of hydrogen-bond donors (Lipinski definition) is 2. The maximum absolute atomic E-state index is 12.8. The molecule has 5 nitrogen and oxygen atoms in total. The summed E-state index contributed by atoms with van der Waals surface area (Å²) in [5.41, 5.74) is 9.08. The highest BCUT2D eigenvalue weighted by Crippen LogP contribution is 2.33. The van der Waals surface area contributed by atoms with Crippen molar-refractivity contribution in [1.29, 1.82) is 0 Å². The van der Waals surface area contributed by atoms with Crippen LogP contribution in [0.3, 0.4) is 0 Å². The van der Waals surface area contributed by atoms with E-state index in [2.05, 4.69) is 41.4 Å². The average Bonchev–Trinajstić information content (AvgIpc) is 3.35. The number of nitrogens with one attached hydrogen (secondary N) is 1. The predicted octanol–water partition coefficient (Wildman–Crippen LogP) is 3.93. The number of amides is 1. The molecule has 2 aromatic rings. The van der Waals surface area contributed by atoms with Gasteiger partial charge in [0.1, 0.15) is 5.76 Å². The van der Waals surface area contributed by atoms with Crippen LogP contribution in [0.1, 0.15) is 47.9 Å². The number of nitrogens with two attached hydrogens (primary N) is 1. The number of halogens is 2. The fourth-order valence-electron chi connectivity index (χ4n) is 4.45. The van der Waals surface area contributed by atoms with Crippen molar-refractivity contribution in [3.05, 3.63) is 53.5 Å². The van der Waals surface area contributed by atoms with Gasteiger partial charge in [0.2, 0.25) is 0 Å². The minimum Gasteiger partial charge on any atom is -0.467 e. The largest absolute Gasteiger partial charge is 0.467 e. The maximum atomic E-state index is 12.8. The summed E-state index contributed by atoms with van der Waals surface area (Å²) in [6, 6.07) is 10.8. The highest BCUT2D eigenvalue weighted by atomic mass is 35.5. The second-order valence-corrected chi connectivity index (χ2v) is 7.57. The van der Waals surface area contributed by atoms with E-state index in [1.807, 2.05) is 0 Å². The Morgan fingerprint density at radius 3 is 2.82 bits per heavy atom. The zero-order chi connectivity index (χ0) is 18.1. The van der Waals surface area contributed by atoms with Gasteiger partial charge in [-0.1, -0.05) is 24.6 Å². The number of hydrogen-bond acceptors (Lipinski definition) is 4. The van der Waals surface area contributed by atoms with E-state index in [1.165, 1.54) is 11.3 Å². The smallest absolute Gasteiger partial charge is 0.255 e. The summed E-state index contributed by atoms with van der Waals surface area (Å²) in [6.07, 6.45) is 5.89. The quantitative estimate of drug-likeness (QED) is 0.760. The van der Waals surface area contributed by atoms with Gasteiger partial charge in [0.05, 0.1) is 18.4 Å². The number of carbonyl (C=O) groups excluding carboxylic acids is 1. The highest BCUT2D eigenvalue weighted by Gasteiger charge is 2.30. The van der Waals surface area contributed by atoms with Crippen molar-refractivity contribution in [2.24, 2.45) is 11.7 Å². The first-order valence-corrected chi connectivity index (χ1v) is 9.59. The van der Waals surface area contributed by atoms with Crippen molar-refractivity contribution in [2.45, 2.75) is 51.2 Å². The number of benzene rings is 1. The Kier molecular flexibility index (Phi) is 7.81.